The fourth-order valence-corrected chi connectivity index (χ4v) is 2.68. The topological polar surface area (TPSA) is 113 Å². The summed E-state index contributed by atoms with van der Waals surface area (Å²) in [6.07, 6.45) is 0. The zero-order valence-electron chi connectivity index (χ0n) is 11.5. The first-order chi connectivity index (χ1) is 10.8. The quantitative estimate of drug-likeness (QED) is 0.781. The Hall–Kier alpha value is -2.58. The number of aromatic carboxylic acids is 1. The number of hydrogen-bond acceptors (Lipinski definition) is 4. The summed E-state index contributed by atoms with van der Waals surface area (Å²) in [7, 11) is -4.03. The number of anilines is 1. The van der Waals surface area contributed by atoms with Gasteiger partial charge in [0.2, 0.25) is 0 Å². The molecule has 0 aromatic heterocycles. The summed E-state index contributed by atoms with van der Waals surface area (Å²) < 4.78 is 25.8. The Morgan fingerprint density at radius 1 is 0.957 bits per heavy atom. The Balaban J connectivity index is 2.06. The van der Waals surface area contributed by atoms with Crippen LogP contribution in [0.5, 0.6) is 0 Å². The van der Waals surface area contributed by atoms with Gasteiger partial charge in [-0.15, -0.1) is 0 Å². The van der Waals surface area contributed by atoms with Crippen molar-refractivity contribution in [3.05, 3.63) is 59.1 Å². The van der Waals surface area contributed by atoms with E-state index < -0.39 is 22.0 Å². The van der Waals surface area contributed by atoms with Crippen molar-refractivity contribution in [1.29, 1.82) is 0 Å². The third-order valence-electron chi connectivity index (χ3n) is 2.74. The molecule has 0 atom stereocenters. The van der Waals surface area contributed by atoms with E-state index in [-0.39, 0.29) is 16.1 Å². The van der Waals surface area contributed by atoms with Gasteiger partial charge in [0.1, 0.15) is 0 Å². The standard InChI is InChI=1S/C14H11ClN2O5S/c15-10-3-7-12(8-4-10)23(21,22)17-14(20)16-11-5-1-9(2-6-11)13(18)19/h1-8H,(H,18,19)(H2,16,17,20). The van der Waals surface area contributed by atoms with Crippen LogP contribution in [-0.4, -0.2) is 25.5 Å². The Morgan fingerprint density at radius 2 is 1.52 bits per heavy atom. The minimum atomic E-state index is -4.03. The first kappa shape index (κ1) is 16.8. The number of carboxylic acids is 1. The zero-order valence-corrected chi connectivity index (χ0v) is 13.1. The van der Waals surface area contributed by atoms with Gasteiger partial charge in [0, 0.05) is 10.7 Å². The van der Waals surface area contributed by atoms with Crippen molar-refractivity contribution >= 4 is 39.3 Å². The SMILES string of the molecule is O=C(Nc1ccc(C(=O)O)cc1)NS(=O)(=O)c1ccc(Cl)cc1. The second-order valence-electron chi connectivity index (χ2n) is 4.40. The lowest BCUT2D eigenvalue weighted by molar-refractivity contribution is 0.0697. The third kappa shape index (κ3) is 4.44. The van der Waals surface area contributed by atoms with Crippen LogP contribution in [0.15, 0.2) is 53.4 Å². The molecule has 0 fully saturated rings. The molecule has 0 saturated heterocycles. The molecule has 0 aliphatic rings. The monoisotopic (exact) mass is 354 g/mol. The predicted molar refractivity (Wildman–Crippen MR) is 84.2 cm³/mol. The molecule has 0 aliphatic heterocycles. The average Bonchev–Trinajstić information content (AvgIpc) is 2.47. The second-order valence-corrected chi connectivity index (χ2v) is 6.51. The van der Waals surface area contributed by atoms with Gasteiger partial charge in [-0.1, -0.05) is 11.6 Å². The number of sulfonamides is 1. The van der Waals surface area contributed by atoms with E-state index in [1.165, 1.54) is 48.5 Å². The molecular weight excluding hydrogens is 344 g/mol. The minimum absolute atomic E-state index is 0.0461. The molecule has 0 spiro atoms. The second kappa shape index (κ2) is 6.67. The number of nitrogens with one attached hydrogen (secondary N) is 2. The maximum Gasteiger partial charge on any atom is 0.335 e. The largest absolute Gasteiger partial charge is 0.478 e. The molecular formula is C14H11ClN2O5S. The highest BCUT2D eigenvalue weighted by molar-refractivity contribution is 7.90. The van der Waals surface area contributed by atoms with Crippen molar-refractivity contribution in [2.75, 3.05) is 5.32 Å². The third-order valence-corrected chi connectivity index (χ3v) is 4.34. The van der Waals surface area contributed by atoms with Crippen LogP contribution in [0.25, 0.3) is 0 Å². The summed E-state index contributed by atoms with van der Waals surface area (Å²) in [5.74, 6) is -1.11. The van der Waals surface area contributed by atoms with Gasteiger partial charge in [0.05, 0.1) is 10.5 Å². The summed E-state index contributed by atoms with van der Waals surface area (Å²) in [4.78, 5) is 22.3. The Morgan fingerprint density at radius 3 is 2.04 bits per heavy atom. The van der Waals surface area contributed by atoms with Crippen molar-refractivity contribution < 1.29 is 23.1 Å². The summed E-state index contributed by atoms with van der Waals surface area (Å²) in [5, 5.41) is 11.4. The summed E-state index contributed by atoms with van der Waals surface area (Å²) >= 11 is 5.67. The van der Waals surface area contributed by atoms with Crippen LogP contribution in [0, 0.1) is 0 Å². The Labute approximate surface area is 136 Å². The average molecular weight is 355 g/mol. The molecule has 23 heavy (non-hydrogen) atoms. The van der Waals surface area contributed by atoms with Crippen molar-refractivity contribution in [2.24, 2.45) is 0 Å². The predicted octanol–water partition coefficient (Wildman–Crippen LogP) is 2.55. The molecule has 2 aromatic carbocycles. The molecule has 2 rings (SSSR count). The number of carbonyl (C=O) groups is 2. The van der Waals surface area contributed by atoms with E-state index in [2.05, 4.69) is 5.32 Å². The number of benzene rings is 2. The van der Waals surface area contributed by atoms with E-state index in [9.17, 15) is 18.0 Å². The molecule has 0 saturated carbocycles. The van der Waals surface area contributed by atoms with Crippen LogP contribution < -0.4 is 10.0 Å². The first-order valence-corrected chi connectivity index (χ1v) is 8.07. The van der Waals surface area contributed by atoms with Gasteiger partial charge in [-0.3, -0.25) is 0 Å². The van der Waals surface area contributed by atoms with Gasteiger partial charge in [-0.05, 0) is 48.5 Å². The van der Waals surface area contributed by atoms with Gasteiger partial charge in [-0.25, -0.2) is 22.7 Å². The lowest BCUT2D eigenvalue weighted by Gasteiger charge is -2.09. The van der Waals surface area contributed by atoms with E-state index >= 15 is 0 Å². The minimum Gasteiger partial charge on any atom is -0.478 e. The number of rotatable bonds is 4. The summed E-state index contributed by atoms with van der Waals surface area (Å²) in [5.41, 5.74) is 0.295. The van der Waals surface area contributed by atoms with Crippen LogP contribution in [-0.2, 0) is 10.0 Å². The number of hydrogen-bond donors (Lipinski definition) is 3. The van der Waals surface area contributed by atoms with Crippen molar-refractivity contribution in [1.82, 2.24) is 4.72 Å². The Kier molecular flexibility index (Phi) is 4.87. The smallest absolute Gasteiger partial charge is 0.335 e. The molecule has 0 unspecified atom stereocenters. The Bertz CT molecular complexity index is 832. The van der Waals surface area contributed by atoms with Crippen molar-refractivity contribution in [2.45, 2.75) is 4.90 Å². The highest BCUT2D eigenvalue weighted by Gasteiger charge is 2.17. The number of amides is 2. The lowest BCUT2D eigenvalue weighted by atomic mass is 10.2. The van der Waals surface area contributed by atoms with Gasteiger partial charge >= 0.3 is 12.0 Å². The van der Waals surface area contributed by atoms with Crippen LogP contribution in [0.4, 0.5) is 10.5 Å². The van der Waals surface area contributed by atoms with E-state index in [4.69, 9.17) is 16.7 Å². The molecule has 0 radical (unpaired) electrons. The number of urea groups is 1. The van der Waals surface area contributed by atoms with Gasteiger partial charge < -0.3 is 10.4 Å². The molecule has 7 nitrogen and oxygen atoms in total. The molecule has 0 heterocycles. The molecule has 0 bridgehead atoms. The van der Waals surface area contributed by atoms with Crippen LogP contribution in [0.1, 0.15) is 10.4 Å². The van der Waals surface area contributed by atoms with Crippen LogP contribution >= 0.6 is 11.6 Å². The molecule has 2 amide bonds. The van der Waals surface area contributed by atoms with Gasteiger partial charge in [-0.2, -0.15) is 0 Å². The number of carboxylic acid groups (broad SMARTS) is 1. The van der Waals surface area contributed by atoms with E-state index in [0.29, 0.717) is 5.02 Å². The normalized spacial score (nSPS) is 10.8. The van der Waals surface area contributed by atoms with E-state index in [1.54, 1.807) is 0 Å². The van der Waals surface area contributed by atoms with Crippen LogP contribution in [0.2, 0.25) is 5.02 Å². The molecule has 120 valence electrons. The number of carbonyl (C=O) groups excluding carboxylic acids is 1. The molecule has 2 aromatic rings. The fraction of sp³-hybridized carbons (Fsp3) is 0. The highest BCUT2D eigenvalue weighted by atomic mass is 35.5. The highest BCUT2D eigenvalue weighted by Crippen LogP contribution is 2.14. The fourth-order valence-electron chi connectivity index (χ4n) is 1.65. The van der Waals surface area contributed by atoms with Crippen molar-refractivity contribution in [3.63, 3.8) is 0 Å². The first-order valence-electron chi connectivity index (χ1n) is 6.21. The van der Waals surface area contributed by atoms with Gasteiger partial charge in [0.25, 0.3) is 10.0 Å². The maximum absolute atomic E-state index is 12.0. The maximum atomic E-state index is 12.0. The van der Waals surface area contributed by atoms with Crippen molar-refractivity contribution in [3.8, 4) is 0 Å². The zero-order chi connectivity index (χ0) is 17.0. The lowest BCUT2D eigenvalue weighted by Crippen LogP contribution is -2.34. The molecule has 0 aliphatic carbocycles. The van der Waals surface area contributed by atoms with Crippen LogP contribution in [0.3, 0.4) is 0 Å². The van der Waals surface area contributed by atoms with E-state index in [0.717, 1.165) is 0 Å². The molecule has 3 N–H and O–H groups in total. The molecule has 9 heteroatoms. The number of halogens is 1. The summed E-state index contributed by atoms with van der Waals surface area (Å²) in [6.45, 7) is 0. The van der Waals surface area contributed by atoms with E-state index in [1.807, 2.05) is 4.72 Å². The summed E-state index contributed by atoms with van der Waals surface area (Å²) in [6, 6.07) is 9.59. The van der Waals surface area contributed by atoms with Gasteiger partial charge in [0.15, 0.2) is 0 Å².